The molecule has 0 fully saturated rings. The van der Waals surface area contributed by atoms with Gasteiger partial charge in [-0.05, 0) is 48.9 Å². The Morgan fingerprint density at radius 2 is 1.96 bits per heavy atom. The van der Waals surface area contributed by atoms with Crippen molar-refractivity contribution < 1.29 is 13.2 Å². The molecule has 0 radical (unpaired) electrons. The Bertz CT molecular complexity index is 1190. The lowest BCUT2D eigenvalue weighted by atomic mass is 10.2. The van der Waals surface area contributed by atoms with E-state index in [2.05, 4.69) is 4.99 Å². The molecule has 0 aliphatic rings. The summed E-state index contributed by atoms with van der Waals surface area (Å²) in [7, 11) is -3.30. The summed E-state index contributed by atoms with van der Waals surface area (Å²) in [6, 6.07) is 12.4. The first-order chi connectivity index (χ1) is 13.3. The zero-order valence-electron chi connectivity index (χ0n) is 15.7. The van der Waals surface area contributed by atoms with Crippen LogP contribution in [-0.4, -0.2) is 43.4 Å². The van der Waals surface area contributed by atoms with E-state index in [9.17, 15) is 13.2 Å². The maximum Gasteiger partial charge on any atom is 0.279 e. The number of hydrogen-bond acceptors (Lipinski definition) is 6. The van der Waals surface area contributed by atoms with Crippen LogP contribution < -0.4 is 4.80 Å². The van der Waals surface area contributed by atoms with Gasteiger partial charge in [0.05, 0.1) is 15.1 Å². The summed E-state index contributed by atoms with van der Waals surface area (Å²) in [5.41, 5.74) is 1.42. The molecule has 0 aliphatic heterocycles. The van der Waals surface area contributed by atoms with Crippen LogP contribution in [0.4, 0.5) is 0 Å². The maximum absolute atomic E-state index is 12.7. The van der Waals surface area contributed by atoms with Gasteiger partial charge in [-0.2, -0.15) is 16.8 Å². The average Bonchev–Trinajstić information content (AvgIpc) is 3.01. The van der Waals surface area contributed by atoms with Crippen molar-refractivity contribution in [2.24, 2.45) is 4.99 Å². The zero-order valence-corrected chi connectivity index (χ0v) is 19.0. The maximum atomic E-state index is 12.7. The molecule has 5 nitrogen and oxygen atoms in total. The highest BCUT2D eigenvalue weighted by atomic mass is 32.2. The lowest BCUT2D eigenvalue weighted by molar-refractivity contribution is 0.0997. The van der Waals surface area contributed by atoms with E-state index in [1.54, 1.807) is 47.8 Å². The Kier molecular flexibility index (Phi) is 6.69. The molecule has 0 N–H and O–H groups in total. The molecule has 0 unspecified atom stereocenters. The van der Waals surface area contributed by atoms with Crippen molar-refractivity contribution in [3.8, 4) is 0 Å². The van der Waals surface area contributed by atoms with Crippen LogP contribution in [0.3, 0.4) is 0 Å². The zero-order chi connectivity index (χ0) is 20.3. The lowest BCUT2D eigenvalue weighted by Gasteiger charge is -2.04. The van der Waals surface area contributed by atoms with Gasteiger partial charge in [0.25, 0.3) is 5.91 Å². The van der Waals surface area contributed by atoms with Crippen LogP contribution >= 0.6 is 34.9 Å². The predicted molar refractivity (Wildman–Crippen MR) is 119 cm³/mol. The van der Waals surface area contributed by atoms with Crippen molar-refractivity contribution in [3.05, 3.63) is 52.8 Å². The SMILES string of the molecule is CSCCn1c(=NC(=O)c2cccc(SC)c2)sc2cc(S(C)(=O)=O)ccc21. The highest BCUT2D eigenvalue weighted by Gasteiger charge is 2.13. The molecule has 1 amide bonds. The predicted octanol–water partition coefficient (Wildman–Crippen LogP) is 3.93. The van der Waals surface area contributed by atoms with Gasteiger partial charge < -0.3 is 4.57 Å². The number of thiazole rings is 1. The van der Waals surface area contributed by atoms with E-state index in [0.29, 0.717) is 16.9 Å². The number of hydrogen-bond donors (Lipinski definition) is 0. The summed E-state index contributed by atoms with van der Waals surface area (Å²) in [5, 5.41) is 0. The molecule has 3 aromatic rings. The summed E-state index contributed by atoms with van der Waals surface area (Å²) in [5.74, 6) is 0.562. The van der Waals surface area contributed by atoms with E-state index in [1.165, 1.54) is 17.6 Å². The Morgan fingerprint density at radius 3 is 2.64 bits per heavy atom. The second-order valence-corrected chi connectivity index (χ2v) is 11.0. The van der Waals surface area contributed by atoms with E-state index in [4.69, 9.17) is 0 Å². The minimum Gasteiger partial charge on any atom is -0.316 e. The van der Waals surface area contributed by atoms with Crippen LogP contribution in [0, 0.1) is 0 Å². The van der Waals surface area contributed by atoms with E-state index in [-0.39, 0.29) is 10.8 Å². The van der Waals surface area contributed by atoms with E-state index in [0.717, 1.165) is 20.9 Å². The summed E-state index contributed by atoms with van der Waals surface area (Å²) < 4.78 is 26.5. The molecule has 1 aromatic heterocycles. The van der Waals surface area contributed by atoms with Gasteiger partial charge in [0.1, 0.15) is 0 Å². The van der Waals surface area contributed by atoms with Gasteiger partial charge in [-0.25, -0.2) is 8.42 Å². The summed E-state index contributed by atoms with van der Waals surface area (Å²) in [4.78, 5) is 18.9. The van der Waals surface area contributed by atoms with Gasteiger partial charge in [-0.3, -0.25) is 4.79 Å². The third kappa shape index (κ3) is 4.71. The van der Waals surface area contributed by atoms with E-state index in [1.807, 2.05) is 35.3 Å². The third-order valence-electron chi connectivity index (χ3n) is 4.12. The van der Waals surface area contributed by atoms with Gasteiger partial charge >= 0.3 is 0 Å². The highest BCUT2D eigenvalue weighted by Crippen LogP contribution is 2.22. The van der Waals surface area contributed by atoms with E-state index >= 15 is 0 Å². The van der Waals surface area contributed by atoms with Crippen LogP contribution in [-0.2, 0) is 16.4 Å². The van der Waals surface area contributed by atoms with Crippen molar-refractivity contribution in [1.29, 1.82) is 0 Å². The largest absolute Gasteiger partial charge is 0.316 e. The van der Waals surface area contributed by atoms with Crippen LogP contribution in [0.25, 0.3) is 10.2 Å². The average molecular weight is 453 g/mol. The Labute approximate surface area is 176 Å². The summed E-state index contributed by atoms with van der Waals surface area (Å²) in [6.45, 7) is 0.691. The van der Waals surface area contributed by atoms with Crippen LogP contribution in [0.15, 0.2) is 57.2 Å². The molecule has 0 bridgehead atoms. The molecule has 148 valence electrons. The first-order valence-electron chi connectivity index (χ1n) is 8.39. The molecular weight excluding hydrogens is 432 g/mol. The molecule has 1 heterocycles. The van der Waals surface area contributed by atoms with Crippen molar-refractivity contribution >= 4 is 60.8 Å². The number of carbonyl (C=O) groups is 1. The molecule has 0 aliphatic carbocycles. The molecule has 0 saturated heterocycles. The number of sulfone groups is 1. The van der Waals surface area contributed by atoms with Crippen molar-refractivity contribution in [2.75, 3.05) is 24.5 Å². The Hall–Kier alpha value is -1.55. The first kappa shape index (κ1) is 21.2. The van der Waals surface area contributed by atoms with Gasteiger partial charge in [0.2, 0.25) is 0 Å². The number of nitrogens with zero attached hydrogens (tertiary/aromatic N) is 2. The van der Waals surface area contributed by atoms with Crippen LogP contribution in [0.1, 0.15) is 10.4 Å². The molecule has 0 spiro atoms. The standard InChI is InChI=1S/C19H20N2O3S4/c1-25-10-9-21-16-8-7-15(28(3,23)24)12-17(16)27-19(21)20-18(22)13-5-4-6-14(11-13)26-2/h4-8,11-12H,9-10H2,1-3H3. The number of amides is 1. The minimum absolute atomic E-state index is 0.267. The second kappa shape index (κ2) is 8.86. The van der Waals surface area contributed by atoms with Crippen molar-refractivity contribution in [3.63, 3.8) is 0 Å². The molecule has 2 aromatic carbocycles. The monoisotopic (exact) mass is 452 g/mol. The van der Waals surface area contributed by atoms with Gasteiger partial charge in [-0.15, -0.1) is 11.8 Å². The Balaban J connectivity index is 2.14. The summed E-state index contributed by atoms with van der Waals surface area (Å²) >= 11 is 4.61. The number of rotatable bonds is 6. The van der Waals surface area contributed by atoms with Crippen molar-refractivity contribution in [1.82, 2.24) is 4.57 Å². The van der Waals surface area contributed by atoms with Crippen LogP contribution in [0.5, 0.6) is 0 Å². The fourth-order valence-corrected chi connectivity index (χ4v) is 5.32. The fourth-order valence-electron chi connectivity index (χ4n) is 2.68. The lowest BCUT2D eigenvalue weighted by Crippen LogP contribution is -2.18. The van der Waals surface area contributed by atoms with Gasteiger partial charge in [0, 0.05) is 29.0 Å². The topological polar surface area (TPSA) is 68.5 Å². The fraction of sp³-hybridized carbons (Fsp3) is 0.263. The minimum atomic E-state index is -3.30. The molecule has 0 saturated carbocycles. The summed E-state index contributed by atoms with van der Waals surface area (Å²) in [6.07, 6.45) is 5.17. The number of aromatic nitrogens is 1. The van der Waals surface area contributed by atoms with Crippen LogP contribution in [0.2, 0.25) is 0 Å². The number of fused-ring (bicyclic) bond motifs is 1. The first-order valence-corrected chi connectivity index (χ1v) is 13.7. The van der Waals surface area contributed by atoms with Gasteiger partial charge in [0.15, 0.2) is 14.6 Å². The number of carbonyl (C=O) groups excluding carboxylic acids is 1. The van der Waals surface area contributed by atoms with Gasteiger partial charge in [-0.1, -0.05) is 17.4 Å². The van der Waals surface area contributed by atoms with Crippen molar-refractivity contribution in [2.45, 2.75) is 16.3 Å². The molecule has 0 atom stereocenters. The molecule has 9 heteroatoms. The smallest absolute Gasteiger partial charge is 0.279 e. The Morgan fingerprint density at radius 1 is 1.18 bits per heavy atom. The third-order valence-corrected chi connectivity index (χ3v) is 7.58. The van der Waals surface area contributed by atoms with E-state index < -0.39 is 9.84 Å². The highest BCUT2D eigenvalue weighted by molar-refractivity contribution is 7.98. The molecule has 28 heavy (non-hydrogen) atoms. The number of thioether (sulfide) groups is 2. The molecular formula is C19H20N2O3S4. The molecule has 3 rings (SSSR count). The second-order valence-electron chi connectivity index (χ2n) is 6.08. The number of aryl methyl sites for hydroxylation is 1. The quantitative estimate of drug-likeness (QED) is 0.530. The normalized spacial score (nSPS) is 12.6. The number of benzene rings is 2.